The smallest absolute Gasteiger partial charge is 0.268 e. The van der Waals surface area contributed by atoms with E-state index in [1.54, 1.807) is 36.5 Å². The van der Waals surface area contributed by atoms with E-state index in [1.165, 1.54) is 3.97 Å². The highest BCUT2D eigenvalue weighted by Crippen LogP contribution is 2.23. The highest BCUT2D eigenvalue weighted by Gasteiger charge is 2.18. The van der Waals surface area contributed by atoms with Gasteiger partial charge in [0, 0.05) is 24.5 Å². The van der Waals surface area contributed by atoms with Crippen LogP contribution in [0.1, 0.15) is 23.1 Å². The lowest BCUT2D eigenvalue weighted by Crippen LogP contribution is -2.25. The summed E-state index contributed by atoms with van der Waals surface area (Å²) in [6.07, 6.45) is 3.38. The van der Waals surface area contributed by atoms with Crippen molar-refractivity contribution in [1.82, 2.24) is 9.29 Å². The van der Waals surface area contributed by atoms with Crippen LogP contribution >= 0.6 is 0 Å². The van der Waals surface area contributed by atoms with Crippen molar-refractivity contribution in [2.75, 3.05) is 6.54 Å². The molecule has 6 heteroatoms. The third-order valence-electron chi connectivity index (χ3n) is 5.52. The summed E-state index contributed by atoms with van der Waals surface area (Å²) in [5.74, 6) is 0.0141. The van der Waals surface area contributed by atoms with Crippen LogP contribution in [0.2, 0.25) is 0 Å². The van der Waals surface area contributed by atoms with Crippen LogP contribution in [0, 0.1) is 6.92 Å². The fourth-order valence-electron chi connectivity index (χ4n) is 3.68. The highest BCUT2D eigenvalue weighted by atomic mass is 32.2. The van der Waals surface area contributed by atoms with Crippen LogP contribution in [-0.4, -0.2) is 24.8 Å². The molecule has 0 bridgehead atoms. The van der Waals surface area contributed by atoms with Gasteiger partial charge in [0.1, 0.15) is 0 Å². The number of aryl methyl sites for hydroxylation is 2. The summed E-state index contributed by atoms with van der Waals surface area (Å²) < 4.78 is 27.6. The molecule has 0 radical (unpaired) electrons. The van der Waals surface area contributed by atoms with Crippen molar-refractivity contribution in [2.45, 2.75) is 31.1 Å². The van der Waals surface area contributed by atoms with Gasteiger partial charge >= 0.3 is 0 Å². The Labute approximate surface area is 188 Å². The fraction of sp³-hybridized carbons (Fsp3) is 0.192. The lowest BCUT2D eigenvalue weighted by molar-refractivity contribution is -0.121. The molecule has 0 unspecified atom stereocenters. The predicted octanol–water partition coefficient (Wildman–Crippen LogP) is 4.48. The average molecular weight is 447 g/mol. The maximum Gasteiger partial charge on any atom is 0.268 e. The van der Waals surface area contributed by atoms with Gasteiger partial charge in [-0.25, -0.2) is 12.4 Å². The molecule has 0 saturated carbocycles. The van der Waals surface area contributed by atoms with Crippen molar-refractivity contribution >= 4 is 26.8 Å². The first kappa shape index (κ1) is 21.8. The third kappa shape index (κ3) is 4.92. The van der Waals surface area contributed by atoms with Gasteiger partial charge < -0.3 is 5.32 Å². The molecule has 164 valence electrons. The Morgan fingerprint density at radius 1 is 0.875 bits per heavy atom. The zero-order valence-corrected chi connectivity index (χ0v) is 18.8. The van der Waals surface area contributed by atoms with Gasteiger partial charge in [0.15, 0.2) is 0 Å². The van der Waals surface area contributed by atoms with E-state index in [2.05, 4.69) is 5.32 Å². The molecule has 3 aromatic carbocycles. The largest absolute Gasteiger partial charge is 0.356 e. The van der Waals surface area contributed by atoms with E-state index in [0.29, 0.717) is 31.3 Å². The minimum atomic E-state index is -3.68. The Morgan fingerprint density at radius 3 is 2.38 bits per heavy atom. The van der Waals surface area contributed by atoms with Crippen LogP contribution in [0.25, 0.3) is 10.9 Å². The monoisotopic (exact) mass is 446 g/mol. The van der Waals surface area contributed by atoms with Crippen LogP contribution in [0.5, 0.6) is 0 Å². The third-order valence-corrected chi connectivity index (χ3v) is 7.22. The van der Waals surface area contributed by atoms with E-state index in [1.807, 2.05) is 55.5 Å². The van der Waals surface area contributed by atoms with Gasteiger partial charge in [-0.1, -0.05) is 60.2 Å². The number of benzene rings is 3. The Bertz CT molecular complexity index is 1320. The van der Waals surface area contributed by atoms with Gasteiger partial charge in [0.25, 0.3) is 10.0 Å². The molecule has 32 heavy (non-hydrogen) atoms. The lowest BCUT2D eigenvalue weighted by atomic mass is 10.1. The number of aromatic nitrogens is 1. The van der Waals surface area contributed by atoms with E-state index >= 15 is 0 Å². The summed E-state index contributed by atoms with van der Waals surface area (Å²) in [4.78, 5) is 12.4. The molecule has 0 aliphatic rings. The van der Waals surface area contributed by atoms with E-state index in [9.17, 15) is 13.2 Å². The summed E-state index contributed by atoms with van der Waals surface area (Å²) in [6, 6.07) is 24.4. The SMILES string of the molecule is Cc1ccc(S(=O)(=O)n2ccc3ccc(CCNC(=O)CCc4ccccc4)cc32)cc1. The number of nitrogens with one attached hydrogen (secondary N) is 1. The number of hydrogen-bond donors (Lipinski definition) is 1. The molecule has 0 aliphatic heterocycles. The van der Waals surface area contributed by atoms with Crippen molar-refractivity contribution in [2.24, 2.45) is 0 Å². The highest BCUT2D eigenvalue weighted by molar-refractivity contribution is 7.90. The summed E-state index contributed by atoms with van der Waals surface area (Å²) in [5, 5.41) is 3.81. The minimum absolute atomic E-state index is 0.0141. The van der Waals surface area contributed by atoms with E-state index in [4.69, 9.17) is 0 Å². The van der Waals surface area contributed by atoms with E-state index in [0.717, 1.165) is 22.1 Å². The first-order valence-electron chi connectivity index (χ1n) is 10.7. The van der Waals surface area contributed by atoms with Gasteiger partial charge in [-0.3, -0.25) is 4.79 Å². The first-order valence-corrected chi connectivity index (χ1v) is 12.1. The second-order valence-electron chi connectivity index (χ2n) is 7.91. The van der Waals surface area contributed by atoms with Crippen molar-refractivity contribution in [3.8, 4) is 0 Å². The number of rotatable bonds is 8. The Morgan fingerprint density at radius 2 is 1.62 bits per heavy atom. The van der Waals surface area contributed by atoms with Crippen LogP contribution < -0.4 is 5.32 Å². The van der Waals surface area contributed by atoms with Gasteiger partial charge in [-0.2, -0.15) is 0 Å². The quantitative estimate of drug-likeness (QED) is 0.434. The molecular formula is C26H26N2O3S. The Hall–Kier alpha value is -3.38. The van der Waals surface area contributed by atoms with Gasteiger partial charge in [0.05, 0.1) is 10.4 Å². The second kappa shape index (κ2) is 9.40. The summed E-state index contributed by atoms with van der Waals surface area (Å²) in [6.45, 7) is 2.43. The zero-order chi connectivity index (χ0) is 22.6. The zero-order valence-electron chi connectivity index (χ0n) is 18.0. The van der Waals surface area contributed by atoms with Gasteiger partial charge in [0.2, 0.25) is 5.91 Å². The molecule has 0 spiro atoms. The number of carbonyl (C=O) groups excluding carboxylic acids is 1. The molecule has 1 aromatic heterocycles. The van der Waals surface area contributed by atoms with E-state index in [-0.39, 0.29) is 10.8 Å². The molecule has 0 aliphatic carbocycles. The topological polar surface area (TPSA) is 68.2 Å². The van der Waals surface area contributed by atoms with Crippen LogP contribution in [-0.2, 0) is 27.7 Å². The van der Waals surface area contributed by atoms with Crippen molar-refractivity contribution in [3.05, 3.63) is 102 Å². The summed E-state index contributed by atoms with van der Waals surface area (Å²) >= 11 is 0. The second-order valence-corrected chi connectivity index (χ2v) is 9.72. The predicted molar refractivity (Wildman–Crippen MR) is 127 cm³/mol. The first-order chi connectivity index (χ1) is 15.4. The van der Waals surface area contributed by atoms with Crippen molar-refractivity contribution < 1.29 is 13.2 Å². The number of fused-ring (bicyclic) bond motifs is 1. The molecule has 1 amide bonds. The molecule has 5 nitrogen and oxygen atoms in total. The molecule has 4 aromatic rings. The van der Waals surface area contributed by atoms with Gasteiger partial charge in [-0.05, 0) is 55.2 Å². The maximum atomic E-state index is 13.1. The number of hydrogen-bond acceptors (Lipinski definition) is 3. The van der Waals surface area contributed by atoms with Gasteiger partial charge in [-0.15, -0.1) is 0 Å². The number of amides is 1. The molecule has 4 rings (SSSR count). The van der Waals surface area contributed by atoms with Crippen LogP contribution in [0.15, 0.2) is 90.0 Å². The minimum Gasteiger partial charge on any atom is -0.356 e. The number of carbonyl (C=O) groups is 1. The summed E-state index contributed by atoms with van der Waals surface area (Å²) in [7, 11) is -3.68. The van der Waals surface area contributed by atoms with Crippen LogP contribution in [0.4, 0.5) is 0 Å². The number of nitrogens with zero attached hydrogens (tertiary/aromatic N) is 1. The molecule has 1 N–H and O–H groups in total. The Kier molecular flexibility index (Phi) is 6.42. The molecular weight excluding hydrogens is 420 g/mol. The fourth-order valence-corrected chi connectivity index (χ4v) is 5.02. The molecule has 0 saturated heterocycles. The molecule has 0 fully saturated rings. The Balaban J connectivity index is 1.42. The molecule has 1 heterocycles. The average Bonchev–Trinajstić information content (AvgIpc) is 3.23. The van der Waals surface area contributed by atoms with Crippen molar-refractivity contribution in [3.63, 3.8) is 0 Å². The maximum absolute atomic E-state index is 13.1. The van der Waals surface area contributed by atoms with E-state index < -0.39 is 10.0 Å². The lowest BCUT2D eigenvalue weighted by Gasteiger charge is -2.10. The van der Waals surface area contributed by atoms with Crippen molar-refractivity contribution in [1.29, 1.82) is 0 Å². The van der Waals surface area contributed by atoms with Crippen LogP contribution in [0.3, 0.4) is 0 Å². The summed E-state index contributed by atoms with van der Waals surface area (Å²) in [5.41, 5.74) is 3.76. The standard InChI is InChI=1S/C26H26N2O3S/c1-20-7-12-24(13-8-20)32(30,31)28-18-16-23-11-9-22(19-25(23)28)15-17-27-26(29)14-10-21-5-3-2-4-6-21/h2-9,11-13,16,18-19H,10,14-15,17H2,1H3,(H,27,29). The normalized spacial score (nSPS) is 11.5. The molecule has 0 atom stereocenters.